The Hall–Kier alpha value is -3.52. The average molecular weight is 534 g/mol. The Balaban J connectivity index is 1.93. The van der Waals surface area contributed by atoms with Gasteiger partial charge in [-0.1, -0.05) is 55.3 Å². The Labute approximate surface area is 218 Å². The molecule has 0 saturated heterocycles. The van der Waals surface area contributed by atoms with Gasteiger partial charge in [0.15, 0.2) is 0 Å². The topological polar surface area (TPSA) is 75.6 Å². The Morgan fingerprint density at radius 1 is 1.00 bits per heavy atom. The molecule has 2 atom stereocenters. The van der Waals surface area contributed by atoms with Crippen LogP contribution in [0.5, 0.6) is 5.75 Å². The molecule has 9 heteroatoms. The second-order valence-corrected chi connectivity index (χ2v) is 8.97. The van der Waals surface area contributed by atoms with Crippen LogP contribution in [0.25, 0.3) is 0 Å². The Morgan fingerprint density at radius 3 is 2.24 bits per heavy atom. The minimum Gasteiger partial charge on any atom is -0.485 e. The molecule has 0 aliphatic heterocycles. The van der Waals surface area contributed by atoms with E-state index in [9.17, 15) is 22.8 Å². The zero-order chi connectivity index (χ0) is 27.0. The molecule has 3 aromatic carbocycles. The van der Waals surface area contributed by atoms with Crippen LogP contribution in [-0.2, 0) is 11.0 Å². The molecule has 0 unspecified atom stereocenters. The second-order valence-electron chi connectivity index (χ2n) is 8.53. The van der Waals surface area contributed by atoms with Crippen molar-refractivity contribution in [1.29, 1.82) is 0 Å². The molecule has 0 aliphatic carbocycles. The third-order valence-corrected chi connectivity index (χ3v) is 6.07. The number of carboxylic acid groups (broad SMARTS) is 1. The third-order valence-electron chi connectivity index (χ3n) is 5.81. The fraction of sp³-hybridized carbons (Fsp3) is 0.286. The number of nitrogens with one attached hydrogen (secondary N) is 1. The number of hydrogen-bond donors (Lipinski definition) is 2. The Kier molecular flexibility index (Phi) is 9.58. The summed E-state index contributed by atoms with van der Waals surface area (Å²) in [6.07, 6.45) is -3.87. The summed E-state index contributed by atoms with van der Waals surface area (Å²) in [4.78, 5) is 23.0. The van der Waals surface area contributed by atoms with Crippen molar-refractivity contribution >= 4 is 23.5 Å². The van der Waals surface area contributed by atoms with Gasteiger partial charge in [0.25, 0.3) is 5.91 Å². The molecule has 0 aliphatic rings. The highest BCUT2D eigenvalue weighted by atomic mass is 35.5. The van der Waals surface area contributed by atoms with Gasteiger partial charge in [0, 0.05) is 23.0 Å². The van der Waals surface area contributed by atoms with Crippen LogP contribution >= 0.6 is 11.6 Å². The van der Waals surface area contributed by atoms with Crippen LogP contribution in [-0.4, -0.2) is 23.5 Å². The number of rotatable bonds is 11. The number of alkyl halides is 3. The summed E-state index contributed by atoms with van der Waals surface area (Å²) >= 11 is 6.07. The molecule has 0 aromatic heterocycles. The van der Waals surface area contributed by atoms with Crippen molar-refractivity contribution in [3.8, 4) is 5.75 Å². The van der Waals surface area contributed by atoms with Crippen LogP contribution in [0, 0.1) is 0 Å². The van der Waals surface area contributed by atoms with Gasteiger partial charge in [0.2, 0.25) is 0 Å². The molecule has 3 rings (SSSR count). The average Bonchev–Trinajstić information content (AvgIpc) is 2.86. The van der Waals surface area contributed by atoms with E-state index in [-0.39, 0.29) is 24.6 Å². The van der Waals surface area contributed by atoms with Gasteiger partial charge in [-0.15, -0.1) is 0 Å². The first-order valence-corrected chi connectivity index (χ1v) is 12.2. The lowest BCUT2D eigenvalue weighted by atomic mass is 9.85. The van der Waals surface area contributed by atoms with E-state index in [1.165, 1.54) is 12.1 Å². The number of carbonyl (C=O) groups excluding carboxylic acids is 1. The van der Waals surface area contributed by atoms with Crippen LogP contribution in [0.1, 0.15) is 65.3 Å². The van der Waals surface area contributed by atoms with E-state index in [2.05, 4.69) is 5.32 Å². The van der Waals surface area contributed by atoms with E-state index in [4.69, 9.17) is 21.4 Å². The normalized spacial score (nSPS) is 13.0. The van der Waals surface area contributed by atoms with E-state index < -0.39 is 29.7 Å². The number of amides is 1. The van der Waals surface area contributed by atoms with Gasteiger partial charge in [-0.25, -0.2) is 0 Å². The van der Waals surface area contributed by atoms with Crippen LogP contribution in [0.3, 0.4) is 0 Å². The van der Waals surface area contributed by atoms with Gasteiger partial charge in [-0.2, -0.15) is 13.2 Å². The number of halogens is 4. The molecule has 0 spiro atoms. The van der Waals surface area contributed by atoms with Gasteiger partial charge < -0.3 is 15.2 Å². The van der Waals surface area contributed by atoms with Gasteiger partial charge >= 0.3 is 12.1 Å². The number of carbonyl (C=O) groups is 2. The van der Waals surface area contributed by atoms with Crippen LogP contribution in [0.4, 0.5) is 13.2 Å². The second kappa shape index (κ2) is 12.6. The lowest BCUT2D eigenvalue weighted by Gasteiger charge is -2.29. The summed E-state index contributed by atoms with van der Waals surface area (Å²) in [5, 5.41) is 11.8. The molecule has 0 saturated carbocycles. The molecule has 5 nitrogen and oxygen atoms in total. The molecule has 0 heterocycles. The van der Waals surface area contributed by atoms with Crippen LogP contribution in [0.15, 0.2) is 72.8 Å². The van der Waals surface area contributed by atoms with E-state index in [1.54, 1.807) is 48.5 Å². The van der Waals surface area contributed by atoms with Crippen molar-refractivity contribution < 1.29 is 32.6 Å². The summed E-state index contributed by atoms with van der Waals surface area (Å²) in [5.74, 6) is -1.56. The van der Waals surface area contributed by atoms with Gasteiger partial charge in [-0.3, -0.25) is 9.59 Å². The fourth-order valence-electron chi connectivity index (χ4n) is 4.00. The minimum atomic E-state index is -4.50. The first-order chi connectivity index (χ1) is 17.6. The molecule has 0 radical (unpaired) electrons. The first-order valence-electron chi connectivity index (χ1n) is 11.8. The Bertz CT molecular complexity index is 1200. The molecule has 2 N–H and O–H groups in total. The molecule has 196 valence electrons. The van der Waals surface area contributed by atoms with Crippen molar-refractivity contribution in [2.75, 3.05) is 6.54 Å². The SMILES string of the molecule is CCC[C@H](c1ccc(C(=O)NCCC(=O)O)cc1)[C@H](Oc1cccc(C(F)(F)F)c1)c1ccc(Cl)cc1. The van der Waals surface area contributed by atoms with E-state index >= 15 is 0 Å². The van der Waals surface area contributed by atoms with Crippen molar-refractivity contribution in [2.45, 2.75) is 44.4 Å². The third kappa shape index (κ3) is 7.98. The highest BCUT2D eigenvalue weighted by Crippen LogP contribution is 2.40. The minimum absolute atomic E-state index is 0.0118. The zero-order valence-electron chi connectivity index (χ0n) is 20.1. The van der Waals surface area contributed by atoms with Crippen LogP contribution in [0.2, 0.25) is 5.02 Å². The number of benzene rings is 3. The van der Waals surface area contributed by atoms with Gasteiger partial charge in [-0.05, 0) is 60.0 Å². The summed E-state index contributed by atoms with van der Waals surface area (Å²) < 4.78 is 46.1. The van der Waals surface area contributed by atoms with Crippen molar-refractivity contribution in [3.05, 3.63) is 100 Å². The molecule has 1 amide bonds. The van der Waals surface area contributed by atoms with E-state index in [1.807, 2.05) is 6.92 Å². The number of ether oxygens (including phenoxy) is 1. The smallest absolute Gasteiger partial charge is 0.416 e. The van der Waals surface area contributed by atoms with Crippen molar-refractivity contribution in [2.24, 2.45) is 0 Å². The van der Waals surface area contributed by atoms with E-state index in [0.29, 0.717) is 17.0 Å². The van der Waals surface area contributed by atoms with Crippen molar-refractivity contribution in [3.63, 3.8) is 0 Å². The van der Waals surface area contributed by atoms with Crippen LogP contribution < -0.4 is 10.1 Å². The fourth-order valence-corrected chi connectivity index (χ4v) is 4.12. The Morgan fingerprint density at radius 2 is 1.65 bits per heavy atom. The maximum absolute atomic E-state index is 13.3. The molecule has 0 fully saturated rings. The monoisotopic (exact) mass is 533 g/mol. The molecule has 3 aromatic rings. The quantitative estimate of drug-likeness (QED) is 0.272. The lowest BCUT2D eigenvalue weighted by Crippen LogP contribution is -2.26. The maximum Gasteiger partial charge on any atom is 0.416 e. The molecular weight excluding hydrogens is 507 g/mol. The van der Waals surface area contributed by atoms with Crippen molar-refractivity contribution in [1.82, 2.24) is 5.32 Å². The summed E-state index contributed by atoms with van der Waals surface area (Å²) in [6, 6.07) is 18.6. The maximum atomic E-state index is 13.3. The van der Waals surface area contributed by atoms with Gasteiger partial charge in [0.1, 0.15) is 11.9 Å². The largest absolute Gasteiger partial charge is 0.485 e. The summed E-state index contributed by atoms with van der Waals surface area (Å²) in [7, 11) is 0. The molecule has 0 bridgehead atoms. The highest BCUT2D eigenvalue weighted by molar-refractivity contribution is 6.30. The molecular formula is C28H27ClF3NO4. The lowest BCUT2D eigenvalue weighted by molar-refractivity contribution is -0.138. The first kappa shape index (κ1) is 28.1. The molecule has 37 heavy (non-hydrogen) atoms. The number of carboxylic acids is 1. The summed E-state index contributed by atoms with van der Waals surface area (Å²) in [6.45, 7) is 2.01. The standard InChI is InChI=1S/C28H27ClF3NO4/c1-2-4-24(18-7-9-20(10-8-18)27(36)33-16-15-25(34)35)26(19-11-13-22(29)14-12-19)37-23-6-3-5-21(17-23)28(30,31)32/h3,5-14,17,24,26H,2,4,15-16H2,1H3,(H,33,36)(H,34,35)/t24-,26-/m1/s1. The van der Waals surface area contributed by atoms with E-state index in [0.717, 1.165) is 29.7 Å². The zero-order valence-corrected chi connectivity index (χ0v) is 20.9. The number of hydrogen-bond acceptors (Lipinski definition) is 3. The number of aliphatic carboxylic acids is 1. The predicted molar refractivity (Wildman–Crippen MR) is 135 cm³/mol. The highest BCUT2D eigenvalue weighted by Gasteiger charge is 2.32. The van der Waals surface area contributed by atoms with Gasteiger partial charge in [0.05, 0.1) is 12.0 Å². The summed E-state index contributed by atoms with van der Waals surface area (Å²) in [5.41, 5.74) is 1.16. The predicted octanol–water partition coefficient (Wildman–Crippen LogP) is 7.27.